The molecule has 1 amide bonds. The molecule has 2 aromatic heterocycles. The highest BCUT2D eigenvalue weighted by molar-refractivity contribution is 6.30. The van der Waals surface area contributed by atoms with Gasteiger partial charge in [-0.3, -0.25) is 9.36 Å². The van der Waals surface area contributed by atoms with Crippen LogP contribution in [0.3, 0.4) is 0 Å². The van der Waals surface area contributed by atoms with Crippen LogP contribution in [0.5, 0.6) is 5.88 Å². The average molecular weight is 496 g/mol. The highest BCUT2D eigenvalue weighted by Gasteiger charge is 2.33. The molecule has 1 aliphatic heterocycles. The van der Waals surface area contributed by atoms with Gasteiger partial charge in [-0.15, -0.1) is 10.2 Å². The molecule has 2 N–H and O–H groups in total. The number of nitrogens with one attached hydrogen (secondary N) is 1. The van der Waals surface area contributed by atoms with Gasteiger partial charge in [0.1, 0.15) is 23.4 Å². The van der Waals surface area contributed by atoms with Crippen LogP contribution in [-0.4, -0.2) is 48.5 Å². The number of aromatic nitrogens is 4. The van der Waals surface area contributed by atoms with E-state index in [1.54, 1.807) is 6.20 Å². The number of halogens is 1. The van der Waals surface area contributed by atoms with Crippen LogP contribution in [0.15, 0.2) is 42.6 Å². The Bertz CT molecular complexity index is 1200. The minimum absolute atomic E-state index is 0.139. The van der Waals surface area contributed by atoms with Crippen LogP contribution in [-0.2, 0) is 17.6 Å². The van der Waals surface area contributed by atoms with Crippen molar-refractivity contribution in [3.05, 3.63) is 64.8 Å². The van der Waals surface area contributed by atoms with E-state index in [1.165, 1.54) is 13.8 Å². The molecule has 1 fully saturated rings. The highest BCUT2D eigenvalue weighted by atomic mass is 35.5. The second-order valence-corrected chi connectivity index (χ2v) is 10.4. The Hall–Kier alpha value is -2.97. The number of ether oxygens (including phenoxy) is 1. The first-order chi connectivity index (χ1) is 16.8. The first-order valence-corrected chi connectivity index (χ1v) is 12.5. The summed E-state index contributed by atoms with van der Waals surface area (Å²) in [6.07, 6.45) is 6.70. The van der Waals surface area contributed by atoms with Crippen LogP contribution < -0.4 is 10.1 Å². The number of benzene rings is 1. The van der Waals surface area contributed by atoms with Crippen molar-refractivity contribution in [1.82, 2.24) is 25.1 Å². The van der Waals surface area contributed by atoms with Crippen LogP contribution >= 0.6 is 11.6 Å². The zero-order valence-electron chi connectivity index (χ0n) is 19.9. The Morgan fingerprint density at radius 1 is 1.14 bits per heavy atom. The third-order valence-electron chi connectivity index (χ3n) is 6.79. The van der Waals surface area contributed by atoms with Gasteiger partial charge in [-0.05, 0) is 75.8 Å². The maximum absolute atomic E-state index is 12.5. The van der Waals surface area contributed by atoms with Crippen molar-refractivity contribution in [2.75, 3.05) is 0 Å². The average Bonchev–Trinajstić information content (AvgIpc) is 3.16. The first kappa shape index (κ1) is 23.8. The number of carbonyl (C=O) groups is 1. The zero-order chi connectivity index (χ0) is 24.6. The minimum Gasteiger partial charge on any atom is -0.474 e. The van der Waals surface area contributed by atoms with E-state index in [0.717, 1.165) is 48.6 Å². The summed E-state index contributed by atoms with van der Waals surface area (Å²) in [5.41, 5.74) is 0.555. The maximum Gasteiger partial charge on any atom is 0.251 e. The molecule has 3 heterocycles. The molecular weight excluding hydrogens is 466 g/mol. The summed E-state index contributed by atoms with van der Waals surface area (Å²) in [6, 6.07) is 11.3. The molecule has 35 heavy (non-hydrogen) atoms. The fourth-order valence-electron chi connectivity index (χ4n) is 4.97. The molecule has 1 atom stereocenters. The van der Waals surface area contributed by atoms with E-state index >= 15 is 0 Å². The molecule has 0 bridgehead atoms. The predicted molar refractivity (Wildman–Crippen MR) is 132 cm³/mol. The summed E-state index contributed by atoms with van der Waals surface area (Å²) in [5, 5.41) is 22.9. The van der Waals surface area contributed by atoms with Crippen LogP contribution in [0.2, 0.25) is 5.02 Å². The zero-order valence-corrected chi connectivity index (χ0v) is 20.7. The number of rotatable bonds is 5. The van der Waals surface area contributed by atoms with Gasteiger partial charge >= 0.3 is 0 Å². The predicted octanol–water partition coefficient (Wildman–Crippen LogP) is 3.78. The van der Waals surface area contributed by atoms with Gasteiger partial charge in [0.25, 0.3) is 5.91 Å². The van der Waals surface area contributed by atoms with Crippen LogP contribution in [0.1, 0.15) is 62.7 Å². The van der Waals surface area contributed by atoms with Crippen molar-refractivity contribution in [3.63, 3.8) is 0 Å². The third kappa shape index (κ3) is 5.18. The normalized spacial score (nSPS) is 22.0. The van der Waals surface area contributed by atoms with Crippen molar-refractivity contribution in [1.29, 1.82) is 0 Å². The summed E-state index contributed by atoms with van der Waals surface area (Å²) < 4.78 is 8.22. The van der Waals surface area contributed by atoms with E-state index in [9.17, 15) is 9.90 Å². The molecule has 5 rings (SSSR count). The molecule has 8 nitrogen and oxygen atoms in total. The maximum atomic E-state index is 12.5. The Labute approximate surface area is 209 Å². The molecule has 0 saturated heterocycles. The second-order valence-electron chi connectivity index (χ2n) is 9.98. The number of amides is 1. The van der Waals surface area contributed by atoms with E-state index in [4.69, 9.17) is 16.3 Å². The molecule has 1 aromatic carbocycles. The summed E-state index contributed by atoms with van der Waals surface area (Å²) in [7, 11) is 0. The molecule has 1 aliphatic carbocycles. The minimum atomic E-state index is -1.46. The molecule has 9 heteroatoms. The smallest absolute Gasteiger partial charge is 0.251 e. The van der Waals surface area contributed by atoms with E-state index < -0.39 is 11.5 Å². The van der Waals surface area contributed by atoms with E-state index in [1.807, 2.05) is 36.4 Å². The Balaban J connectivity index is 1.39. The molecule has 2 aliphatic rings. The third-order valence-corrected chi connectivity index (χ3v) is 7.02. The number of carbonyl (C=O) groups excluding carboxylic acids is 1. The van der Waals surface area contributed by atoms with Gasteiger partial charge in [0, 0.05) is 35.7 Å². The lowest BCUT2D eigenvalue weighted by atomic mass is 9.86. The number of pyridine rings is 1. The van der Waals surface area contributed by atoms with Crippen LogP contribution in [0, 0.1) is 0 Å². The topological polar surface area (TPSA) is 102 Å². The Morgan fingerprint density at radius 3 is 2.66 bits per heavy atom. The number of fused-ring (bicyclic) bond motifs is 3. The van der Waals surface area contributed by atoms with Gasteiger partial charge in [-0.25, -0.2) is 4.98 Å². The highest BCUT2D eigenvalue weighted by Crippen LogP contribution is 2.37. The Kier molecular flexibility index (Phi) is 6.51. The SMILES string of the molecule is CC(C)(O)C(=O)N[C@@H]1Cc2cc(Cl)ccc2-n2c(nnc2C2CCC(Oc3ccccn3)CC2)C1. The number of hydrogen-bond donors (Lipinski definition) is 2. The fraction of sp³-hybridized carbons (Fsp3) is 0.462. The standard InChI is InChI=1S/C26H30ClN5O3/c1-26(2,34)25(33)29-19-14-17-13-18(27)8-11-21(17)32-22(15-19)30-31-24(32)16-6-9-20(10-7-16)35-23-5-3-4-12-28-23/h3-5,8,11-13,16,19-20,34H,6-7,9-10,14-15H2,1-2H3,(H,29,33)/t16?,19-,20?/m1/s1. The lowest BCUT2D eigenvalue weighted by Gasteiger charge is -2.28. The van der Waals surface area contributed by atoms with Crippen molar-refractivity contribution in [2.45, 2.75) is 76.0 Å². The summed E-state index contributed by atoms with van der Waals surface area (Å²) in [4.78, 5) is 16.8. The molecule has 3 aromatic rings. The van der Waals surface area contributed by atoms with E-state index in [2.05, 4.69) is 25.1 Å². The van der Waals surface area contributed by atoms with Crippen LogP contribution in [0.4, 0.5) is 0 Å². The molecule has 0 unspecified atom stereocenters. The fourth-order valence-corrected chi connectivity index (χ4v) is 5.17. The van der Waals surface area contributed by atoms with Crippen LogP contribution in [0.25, 0.3) is 5.69 Å². The molecular formula is C26H30ClN5O3. The molecule has 184 valence electrons. The van der Waals surface area contributed by atoms with E-state index in [0.29, 0.717) is 23.7 Å². The van der Waals surface area contributed by atoms with Crippen molar-refractivity contribution >= 4 is 17.5 Å². The number of aliphatic hydroxyl groups is 1. The van der Waals surface area contributed by atoms with Gasteiger partial charge in [0.15, 0.2) is 0 Å². The van der Waals surface area contributed by atoms with Gasteiger partial charge in [0.2, 0.25) is 5.88 Å². The second kappa shape index (κ2) is 9.59. The molecule has 0 radical (unpaired) electrons. The monoisotopic (exact) mass is 495 g/mol. The van der Waals surface area contributed by atoms with Crippen molar-refractivity contribution in [2.24, 2.45) is 0 Å². The summed E-state index contributed by atoms with van der Waals surface area (Å²) in [6.45, 7) is 2.97. The quantitative estimate of drug-likeness (QED) is 0.558. The van der Waals surface area contributed by atoms with Crippen molar-refractivity contribution in [3.8, 4) is 11.6 Å². The largest absolute Gasteiger partial charge is 0.474 e. The molecule has 0 spiro atoms. The van der Waals surface area contributed by atoms with E-state index in [-0.39, 0.29) is 18.1 Å². The van der Waals surface area contributed by atoms with Crippen molar-refractivity contribution < 1.29 is 14.6 Å². The van der Waals surface area contributed by atoms with Gasteiger partial charge < -0.3 is 15.2 Å². The molecule has 1 saturated carbocycles. The Morgan fingerprint density at radius 2 is 1.94 bits per heavy atom. The number of nitrogens with zero attached hydrogens (tertiary/aromatic N) is 4. The lowest BCUT2D eigenvalue weighted by Crippen LogP contribution is -2.48. The van der Waals surface area contributed by atoms with Gasteiger partial charge in [-0.2, -0.15) is 0 Å². The lowest BCUT2D eigenvalue weighted by molar-refractivity contribution is -0.137. The first-order valence-electron chi connectivity index (χ1n) is 12.1. The van der Waals surface area contributed by atoms with Gasteiger partial charge in [0.05, 0.1) is 5.69 Å². The van der Waals surface area contributed by atoms with Gasteiger partial charge in [-0.1, -0.05) is 17.7 Å². The number of hydrogen-bond acceptors (Lipinski definition) is 6. The summed E-state index contributed by atoms with van der Waals surface area (Å²) >= 11 is 6.34. The summed E-state index contributed by atoms with van der Waals surface area (Å²) in [5.74, 6) is 2.25.